The van der Waals surface area contributed by atoms with Crippen LogP contribution in [-0.2, 0) is 14.4 Å². The SMILES string of the molecule is CC(=O)CC(C)(C)C(C(C)=O)C(=O)O. The van der Waals surface area contributed by atoms with Crippen LogP contribution in [-0.4, -0.2) is 22.6 Å². The second-order valence-electron chi connectivity index (χ2n) is 4.25. The van der Waals surface area contributed by atoms with E-state index in [1.165, 1.54) is 13.8 Å². The number of carboxylic acids is 1. The zero-order valence-corrected chi connectivity index (χ0v) is 8.96. The Bertz CT molecular complexity index is 251. The molecule has 0 amide bonds. The third-order valence-electron chi connectivity index (χ3n) is 2.14. The maximum absolute atomic E-state index is 11.1. The molecule has 0 aromatic carbocycles. The Morgan fingerprint density at radius 2 is 1.64 bits per heavy atom. The Balaban J connectivity index is 4.89. The Morgan fingerprint density at radius 1 is 1.21 bits per heavy atom. The fraction of sp³-hybridized carbons (Fsp3) is 0.700. The van der Waals surface area contributed by atoms with E-state index >= 15 is 0 Å². The van der Waals surface area contributed by atoms with Crippen LogP contribution >= 0.6 is 0 Å². The van der Waals surface area contributed by atoms with Crippen molar-refractivity contribution in [2.24, 2.45) is 11.3 Å². The molecule has 0 rings (SSSR count). The predicted octanol–water partition coefficient (Wildman–Crippen LogP) is 1.28. The van der Waals surface area contributed by atoms with Crippen molar-refractivity contribution >= 4 is 17.5 Å². The molecule has 4 heteroatoms. The molecular weight excluding hydrogens is 184 g/mol. The highest BCUT2D eigenvalue weighted by molar-refractivity contribution is 5.98. The smallest absolute Gasteiger partial charge is 0.314 e. The molecule has 0 bridgehead atoms. The zero-order valence-electron chi connectivity index (χ0n) is 8.96. The van der Waals surface area contributed by atoms with Crippen LogP contribution < -0.4 is 0 Å². The minimum atomic E-state index is -1.16. The molecular formula is C10H16O4. The number of ketones is 2. The summed E-state index contributed by atoms with van der Waals surface area (Å²) >= 11 is 0. The van der Waals surface area contributed by atoms with Gasteiger partial charge < -0.3 is 9.90 Å². The quantitative estimate of drug-likeness (QED) is 0.678. The fourth-order valence-electron chi connectivity index (χ4n) is 1.80. The van der Waals surface area contributed by atoms with Gasteiger partial charge in [-0.1, -0.05) is 13.8 Å². The van der Waals surface area contributed by atoms with Crippen molar-refractivity contribution in [2.45, 2.75) is 34.1 Å². The van der Waals surface area contributed by atoms with E-state index in [2.05, 4.69) is 0 Å². The molecule has 0 aromatic rings. The van der Waals surface area contributed by atoms with Crippen molar-refractivity contribution in [1.29, 1.82) is 0 Å². The molecule has 0 radical (unpaired) electrons. The van der Waals surface area contributed by atoms with Gasteiger partial charge in [-0.05, 0) is 19.3 Å². The van der Waals surface area contributed by atoms with E-state index in [-0.39, 0.29) is 12.2 Å². The Morgan fingerprint density at radius 3 is 1.86 bits per heavy atom. The van der Waals surface area contributed by atoms with Gasteiger partial charge in [0.15, 0.2) is 0 Å². The summed E-state index contributed by atoms with van der Waals surface area (Å²) in [4.78, 5) is 32.9. The summed E-state index contributed by atoms with van der Waals surface area (Å²) < 4.78 is 0. The first-order valence-electron chi connectivity index (χ1n) is 4.41. The minimum absolute atomic E-state index is 0.101. The molecule has 0 aliphatic heterocycles. The number of hydrogen-bond donors (Lipinski definition) is 1. The first-order valence-corrected chi connectivity index (χ1v) is 4.41. The van der Waals surface area contributed by atoms with Gasteiger partial charge in [0.05, 0.1) is 0 Å². The molecule has 80 valence electrons. The standard InChI is InChI=1S/C10H16O4/c1-6(11)5-10(3,4)8(7(2)12)9(13)14/h8H,5H2,1-4H3,(H,13,14). The highest BCUT2D eigenvalue weighted by Gasteiger charge is 2.39. The lowest BCUT2D eigenvalue weighted by molar-refractivity contribution is -0.151. The molecule has 0 saturated heterocycles. The van der Waals surface area contributed by atoms with E-state index in [0.29, 0.717) is 0 Å². The lowest BCUT2D eigenvalue weighted by Crippen LogP contribution is -2.37. The van der Waals surface area contributed by atoms with Crippen LogP contribution in [0.15, 0.2) is 0 Å². The number of rotatable bonds is 5. The van der Waals surface area contributed by atoms with Crippen LogP contribution in [0.5, 0.6) is 0 Å². The Labute approximate surface area is 83.3 Å². The highest BCUT2D eigenvalue weighted by atomic mass is 16.4. The Hall–Kier alpha value is -1.19. The fourth-order valence-corrected chi connectivity index (χ4v) is 1.80. The first kappa shape index (κ1) is 12.8. The van der Waals surface area contributed by atoms with Crippen LogP contribution in [0.2, 0.25) is 0 Å². The summed E-state index contributed by atoms with van der Waals surface area (Å²) in [5.41, 5.74) is -0.816. The molecule has 0 fully saturated rings. The van der Waals surface area contributed by atoms with Crippen molar-refractivity contribution in [2.75, 3.05) is 0 Å². The van der Waals surface area contributed by atoms with Crippen molar-refractivity contribution < 1.29 is 19.5 Å². The van der Waals surface area contributed by atoms with E-state index in [4.69, 9.17) is 5.11 Å². The molecule has 0 aliphatic rings. The van der Waals surface area contributed by atoms with Gasteiger partial charge in [0, 0.05) is 6.42 Å². The maximum atomic E-state index is 11.1. The second kappa shape index (κ2) is 4.35. The van der Waals surface area contributed by atoms with Gasteiger partial charge in [0.2, 0.25) is 0 Å². The summed E-state index contributed by atoms with van der Waals surface area (Å²) in [7, 11) is 0. The molecule has 0 spiro atoms. The third-order valence-corrected chi connectivity index (χ3v) is 2.14. The molecule has 1 unspecified atom stereocenters. The summed E-state index contributed by atoms with van der Waals surface area (Å²) in [6.07, 6.45) is 0.101. The molecule has 1 atom stereocenters. The summed E-state index contributed by atoms with van der Waals surface area (Å²) in [6, 6.07) is 0. The summed E-state index contributed by atoms with van der Waals surface area (Å²) in [5, 5.41) is 8.86. The predicted molar refractivity (Wildman–Crippen MR) is 50.9 cm³/mol. The van der Waals surface area contributed by atoms with Gasteiger partial charge in [-0.3, -0.25) is 9.59 Å². The number of carbonyl (C=O) groups excluding carboxylic acids is 2. The number of Topliss-reactive ketones (excluding diaryl/α,β-unsaturated/α-hetero) is 2. The van der Waals surface area contributed by atoms with Crippen LogP contribution in [0.25, 0.3) is 0 Å². The van der Waals surface area contributed by atoms with Crippen molar-refractivity contribution in [3.8, 4) is 0 Å². The summed E-state index contributed by atoms with van der Waals surface area (Å²) in [5.74, 6) is -2.79. The van der Waals surface area contributed by atoms with Crippen molar-refractivity contribution in [1.82, 2.24) is 0 Å². The molecule has 0 aliphatic carbocycles. The normalized spacial score (nSPS) is 13.4. The molecule has 1 N–H and O–H groups in total. The van der Waals surface area contributed by atoms with Gasteiger partial charge in [-0.25, -0.2) is 0 Å². The van der Waals surface area contributed by atoms with Crippen LogP contribution in [0, 0.1) is 11.3 Å². The third kappa shape index (κ3) is 3.28. The van der Waals surface area contributed by atoms with Crippen LogP contribution in [0.4, 0.5) is 0 Å². The number of carbonyl (C=O) groups is 3. The number of carboxylic acid groups (broad SMARTS) is 1. The van der Waals surface area contributed by atoms with Crippen molar-refractivity contribution in [3.05, 3.63) is 0 Å². The van der Waals surface area contributed by atoms with Crippen molar-refractivity contribution in [3.63, 3.8) is 0 Å². The Kier molecular flexibility index (Phi) is 3.98. The first-order chi connectivity index (χ1) is 6.18. The minimum Gasteiger partial charge on any atom is -0.481 e. The van der Waals surface area contributed by atoms with E-state index < -0.39 is 23.1 Å². The topological polar surface area (TPSA) is 71.4 Å². The number of aliphatic carboxylic acids is 1. The van der Waals surface area contributed by atoms with Crippen LogP contribution in [0.1, 0.15) is 34.1 Å². The van der Waals surface area contributed by atoms with E-state index in [1.54, 1.807) is 13.8 Å². The highest BCUT2D eigenvalue weighted by Crippen LogP contribution is 2.31. The molecule has 0 heterocycles. The zero-order chi connectivity index (χ0) is 11.5. The lowest BCUT2D eigenvalue weighted by Gasteiger charge is -2.28. The lowest BCUT2D eigenvalue weighted by atomic mass is 9.73. The maximum Gasteiger partial charge on any atom is 0.314 e. The average Bonchev–Trinajstić information content (AvgIpc) is 1.77. The van der Waals surface area contributed by atoms with E-state index in [9.17, 15) is 14.4 Å². The van der Waals surface area contributed by atoms with Gasteiger partial charge in [0.25, 0.3) is 0 Å². The van der Waals surface area contributed by atoms with E-state index in [0.717, 1.165) is 0 Å². The second-order valence-corrected chi connectivity index (χ2v) is 4.25. The van der Waals surface area contributed by atoms with Gasteiger partial charge >= 0.3 is 5.97 Å². The molecule has 4 nitrogen and oxygen atoms in total. The monoisotopic (exact) mass is 200 g/mol. The van der Waals surface area contributed by atoms with Gasteiger partial charge in [-0.2, -0.15) is 0 Å². The van der Waals surface area contributed by atoms with Gasteiger partial charge in [-0.15, -0.1) is 0 Å². The molecule has 14 heavy (non-hydrogen) atoms. The molecule has 0 saturated carbocycles. The largest absolute Gasteiger partial charge is 0.481 e. The van der Waals surface area contributed by atoms with E-state index in [1.807, 2.05) is 0 Å². The summed E-state index contributed by atoms with van der Waals surface area (Å²) in [6.45, 7) is 5.87. The number of hydrogen-bond acceptors (Lipinski definition) is 3. The molecule has 0 aromatic heterocycles. The van der Waals surface area contributed by atoms with Gasteiger partial charge in [0.1, 0.15) is 17.5 Å². The van der Waals surface area contributed by atoms with Crippen LogP contribution in [0.3, 0.4) is 0 Å². The average molecular weight is 200 g/mol.